The second-order valence-electron chi connectivity index (χ2n) is 6.94. The number of hydrogen-bond donors (Lipinski definition) is 0. The van der Waals surface area contributed by atoms with E-state index in [0.29, 0.717) is 5.56 Å². The number of hydrogen-bond acceptors (Lipinski definition) is 4. The topological polar surface area (TPSA) is 53.3 Å². The van der Waals surface area contributed by atoms with Gasteiger partial charge in [0.05, 0.1) is 11.6 Å². The molecule has 0 unspecified atom stereocenters. The number of carbonyl (C=O) groups is 1. The first-order valence-corrected chi connectivity index (χ1v) is 9.05. The first-order valence-electron chi connectivity index (χ1n) is 9.05. The van der Waals surface area contributed by atoms with E-state index in [1.807, 2.05) is 49.4 Å². The molecule has 134 valence electrons. The van der Waals surface area contributed by atoms with Gasteiger partial charge in [-0.15, -0.1) is 0 Å². The van der Waals surface area contributed by atoms with E-state index >= 15 is 0 Å². The molecule has 0 N–H and O–H groups in total. The number of likely N-dealkylation sites (tertiary alicyclic amines) is 1. The molecule has 1 saturated heterocycles. The molecule has 0 spiro atoms. The van der Waals surface area contributed by atoms with Crippen LogP contribution in [-0.4, -0.2) is 29.9 Å². The summed E-state index contributed by atoms with van der Waals surface area (Å²) in [7, 11) is 0. The second kappa shape index (κ2) is 8.16. The Hall–Kier alpha value is -2.64. The first kappa shape index (κ1) is 18.2. The SMILES string of the molecule is CC(=O)c1ccc(OC2CCN(Cc3ccc(C#N)cc3)CC2)c(C)c1. The van der Waals surface area contributed by atoms with Crippen molar-refractivity contribution < 1.29 is 9.53 Å². The van der Waals surface area contributed by atoms with Crippen LogP contribution in [0.25, 0.3) is 0 Å². The summed E-state index contributed by atoms with van der Waals surface area (Å²) in [6, 6.07) is 15.6. The van der Waals surface area contributed by atoms with Gasteiger partial charge in [0.1, 0.15) is 11.9 Å². The standard InChI is InChI=1S/C22H24N2O2/c1-16-13-20(17(2)25)7-8-22(16)26-21-9-11-24(12-10-21)15-19-5-3-18(14-23)4-6-19/h3-8,13,21H,9-12,15H2,1-2H3. The van der Waals surface area contributed by atoms with Crippen LogP contribution in [0.3, 0.4) is 0 Å². The van der Waals surface area contributed by atoms with Crippen molar-refractivity contribution in [1.29, 1.82) is 5.26 Å². The molecular formula is C22H24N2O2. The lowest BCUT2D eigenvalue weighted by atomic mass is 10.0. The number of nitrogens with zero attached hydrogens (tertiary/aromatic N) is 2. The third kappa shape index (κ3) is 4.50. The van der Waals surface area contributed by atoms with Gasteiger partial charge in [0.25, 0.3) is 0 Å². The highest BCUT2D eigenvalue weighted by Crippen LogP contribution is 2.24. The van der Waals surface area contributed by atoms with Gasteiger partial charge >= 0.3 is 0 Å². The van der Waals surface area contributed by atoms with Crippen molar-refractivity contribution in [3.63, 3.8) is 0 Å². The number of ether oxygens (including phenoxy) is 1. The van der Waals surface area contributed by atoms with Crippen molar-refractivity contribution in [1.82, 2.24) is 4.90 Å². The van der Waals surface area contributed by atoms with E-state index in [2.05, 4.69) is 11.0 Å². The van der Waals surface area contributed by atoms with Gasteiger partial charge in [-0.1, -0.05) is 12.1 Å². The Labute approximate surface area is 155 Å². The number of carbonyl (C=O) groups excluding carboxylic acids is 1. The van der Waals surface area contributed by atoms with Gasteiger partial charge in [0.2, 0.25) is 0 Å². The summed E-state index contributed by atoms with van der Waals surface area (Å²) in [5.41, 5.74) is 3.68. The zero-order valence-corrected chi connectivity index (χ0v) is 15.4. The summed E-state index contributed by atoms with van der Waals surface area (Å²) in [6.07, 6.45) is 2.20. The summed E-state index contributed by atoms with van der Waals surface area (Å²) < 4.78 is 6.18. The summed E-state index contributed by atoms with van der Waals surface area (Å²) in [5.74, 6) is 0.955. The molecule has 1 heterocycles. The van der Waals surface area contributed by atoms with E-state index in [0.717, 1.165) is 49.4 Å². The Morgan fingerprint density at radius 2 is 1.88 bits per heavy atom. The van der Waals surface area contributed by atoms with Crippen LogP contribution in [0.15, 0.2) is 42.5 Å². The third-order valence-electron chi connectivity index (χ3n) is 4.90. The van der Waals surface area contributed by atoms with E-state index in [1.54, 1.807) is 6.92 Å². The molecule has 0 bridgehead atoms. The summed E-state index contributed by atoms with van der Waals surface area (Å²) in [6.45, 7) is 6.47. The van der Waals surface area contributed by atoms with E-state index in [1.165, 1.54) is 5.56 Å². The summed E-state index contributed by atoms with van der Waals surface area (Å²) >= 11 is 0. The van der Waals surface area contributed by atoms with Crippen LogP contribution in [0.4, 0.5) is 0 Å². The molecule has 3 rings (SSSR count). The normalized spacial score (nSPS) is 15.4. The number of aryl methyl sites for hydroxylation is 1. The van der Waals surface area contributed by atoms with Crippen LogP contribution >= 0.6 is 0 Å². The Balaban J connectivity index is 1.52. The third-order valence-corrected chi connectivity index (χ3v) is 4.90. The summed E-state index contributed by atoms with van der Waals surface area (Å²) in [4.78, 5) is 13.9. The lowest BCUT2D eigenvalue weighted by Crippen LogP contribution is -2.37. The molecule has 0 amide bonds. The van der Waals surface area contributed by atoms with E-state index in [4.69, 9.17) is 10.00 Å². The molecule has 0 aliphatic carbocycles. The van der Waals surface area contributed by atoms with Crippen molar-refractivity contribution in [2.75, 3.05) is 13.1 Å². The van der Waals surface area contributed by atoms with Gasteiger partial charge in [-0.05, 0) is 68.1 Å². The predicted octanol–water partition coefficient (Wildman–Crippen LogP) is 4.11. The number of piperidine rings is 1. The smallest absolute Gasteiger partial charge is 0.159 e. The van der Waals surface area contributed by atoms with Crippen LogP contribution < -0.4 is 4.74 Å². The zero-order chi connectivity index (χ0) is 18.5. The van der Waals surface area contributed by atoms with Gasteiger partial charge in [-0.3, -0.25) is 9.69 Å². The van der Waals surface area contributed by atoms with Gasteiger partial charge < -0.3 is 4.74 Å². The van der Waals surface area contributed by atoms with Crippen molar-refractivity contribution in [3.05, 3.63) is 64.7 Å². The Morgan fingerprint density at radius 1 is 1.19 bits per heavy atom. The van der Waals surface area contributed by atoms with Crippen molar-refractivity contribution in [2.45, 2.75) is 39.3 Å². The minimum atomic E-state index is 0.0794. The highest BCUT2D eigenvalue weighted by atomic mass is 16.5. The Kier molecular flexibility index (Phi) is 5.70. The van der Waals surface area contributed by atoms with Crippen molar-refractivity contribution >= 4 is 5.78 Å². The maximum atomic E-state index is 11.5. The van der Waals surface area contributed by atoms with Gasteiger partial charge in [0, 0.05) is 25.2 Å². The van der Waals surface area contributed by atoms with Crippen molar-refractivity contribution in [2.24, 2.45) is 0 Å². The molecule has 4 nitrogen and oxygen atoms in total. The molecular weight excluding hydrogens is 324 g/mol. The maximum absolute atomic E-state index is 11.5. The highest BCUT2D eigenvalue weighted by molar-refractivity contribution is 5.94. The first-order chi connectivity index (χ1) is 12.5. The van der Waals surface area contributed by atoms with Gasteiger partial charge in [0.15, 0.2) is 5.78 Å². The molecule has 1 aliphatic heterocycles. The van der Waals surface area contributed by atoms with Gasteiger partial charge in [-0.2, -0.15) is 5.26 Å². The largest absolute Gasteiger partial charge is 0.490 e. The average molecular weight is 348 g/mol. The lowest BCUT2D eigenvalue weighted by molar-refractivity contribution is 0.0961. The molecule has 0 saturated carbocycles. The number of Topliss-reactive ketones (excluding diaryl/α,β-unsaturated/α-hetero) is 1. The maximum Gasteiger partial charge on any atom is 0.159 e. The fourth-order valence-electron chi connectivity index (χ4n) is 3.31. The van der Waals surface area contributed by atoms with Crippen LogP contribution in [0.5, 0.6) is 5.75 Å². The second-order valence-corrected chi connectivity index (χ2v) is 6.94. The fraction of sp³-hybridized carbons (Fsp3) is 0.364. The lowest BCUT2D eigenvalue weighted by Gasteiger charge is -2.32. The quantitative estimate of drug-likeness (QED) is 0.763. The minimum Gasteiger partial charge on any atom is -0.490 e. The van der Waals surface area contributed by atoms with Crippen LogP contribution in [0.2, 0.25) is 0 Å². The molecule has 26 heavy (non-hydrogen) atoms. The molecule has 0 aromatic heterocycles. The van der Waals surface area contributed by atoms with Crippen LogP contribution in [0, 0.1) is 18.3 Å². The van der Waals surface area contributed by atoms with E-state index < -0.39 is 0 Å². The van der Waals surface area contributed by atoms with E-state index in [-0.39, 0.29) is 11.9 Å². The monoisotopic (exact) mass is 348 g/mol. The van der Waals surface area contributed by atoms with Crippen LogP contribution in [0.1, 0.15) is 46.8 Å². The molecule has 1 aliphatic rings. The Morgan fingerprint density at radius 3 is 2.46 bits per heavy atom. The number of rotatable bonds is 5. The highest BCUT2D eigenvalue weighted by Gasteiger charge is 2.21. The number of ketones is 1. The fourth-order valence-corrected chi connectivity index (χ4v) is 3.31. The average Bonchev–Trinajstić information content (AvgIpc) is 2.65. The predicted molar refractivity (Wildman–Crippen MR) is 101 cm³/mol. The van der Waals surface area contributed by atoms with Gasteiger partial charge in [-0.25, -0.2) is 0 Å². The van der Waals surface area contributed by atoms with Crippen LogP contribution in [-0.2, 0) is 6.54 Å². The molecule has 2 aromatic rings. The molecule has 4 heteroatoms. The molecule has 2 aromatic carbocycles. The zero-order valence-electron chi connectivity index (χ0n) is 15.4. The molecule has 0 radical (unpaired) electrons. The minimum absolute atomic E-state index is 0.0794. The summed E-state index contributed by atoms with van der Waals surface area (Å²) in [5, 5.41) is 8.87. The molecule has 1 fully saturated rings. The van der Waals surface area contributed by atoms with E-state index in [9.17, 15) is 4.79 Å². The molecule has 0 atom stereocenters. The number of benzene rings is 2. The van der Waals surface area contributed by atoms with Crippen molar-refractivity contribution in [3.8, 4) is 11.8 Å². The number of nitriles is 1. The Bertz CT molecular complexity index is 813.